The van der Waals surface area contributed by atoms with Crippen LogP contribution in [0.3, 0.4) is 0 Å². The van der Waals surface area contributed by atoms with Gasteiger partial charge >= 0.3 is 0 Å². The fourth-order valence-corrected chi connectivity index (χ4v) is 4.90. The van der Waals surface area contributed by atoms with Crippen LogP contribution in [0.15, 0.2) is 45.8 Å². The van der Waals surface area contributed by atoms with Crippen LogP contribution in [0.5, 0.6) is 0 Å². The predicted octanol–water partition coefficient (Wildman–Crippen LogP) is 3.83. The van der Waals surface area contributed by atoms with Gasteiger partial charge in [-0.25, -0.2) is 13.1 Å². The van der Waals surface area contributed by atoms with E-state index >= 15 is 0 Å². The molecular formula is C13H13BrClNO3S2. The molecule has 21 heavy (non-hydrogen) atoms. The zero-order valence-electron chi connectivity index (χ0n) is 11.0. The molecule has 0 aliphatic heterocycles. The maximum absolute atomic E-state index is 12.3. The molecule has 1 atom stereocenters. The Bertz CT molecular complexity index is 718. The van der Waals surface area contributed by atoms with Crippen molar-refractivity contribution in [1.82, 2.24) is 4.72 Å². The Labute approximate surface area is 141 Å². The average molecular weight is 411 g/mol. The monoisotopic (exact) mass is 409 g/mol. The zero-order valence-corrected chi connectivity index (χ0v) is 15.0. The van der Waals surface area contributed by atoms with Crippen molar-refractivity contribution in [1.29, 1.82) is 0 Å². The predicted molar refractivity (Wildman–Crippen MR) is 88.4 cm³/mol. The Kier molecular flexibility index (Phi) is 5.81. The molecule has 0 radical (unpaired) electrons. The van der Waals surface area contributed by atoms with Gasteiger partial charge in [-0.3, -0.25) is 0 Å². The van der Waals surface area contributed by atoms with Gasteiger partial charge in [0.05, 0.1) is 9.23 Å². The van der Waals surface area contributed by atoms with Crippen molar-refractivity contribution in [2.24, 2.45) is 0 Å². The average Bonchev–Trinajstić information content (AvgIpc) is 2.86. The first-order valence-electron chi connectivity index (χ1n) is 5.96. The number of hydrogen-bond donors (Lipinski definition) is 1. The van der Waals surface area contributed by atoms with Crippen molar-refractivity contribution in [3.63, 3.8) is 0 Å². The molecule has 0 saturated carbocycles. The lowest BCUT2D eigenvalue weighted by atomic mass is 10.3. The fraction of sp³-hybridized carbons (Fsp3) is 0.231. The van der Waals surface area contributed by atoms with Crippen molar-refractivity contribution in [3.8, 4) is 0 Å². The highest BCUT2D eigenvalue weighted by Crippen LogP contribution is 2.29. The molecule has 0 amide bonds. The van der Waals surface area contributed by atoms with Gasteiger partial charge in [0.25, 0.3) is 0 Å². The second-order valence-corrected chi connectivity index (χ2v) is 8.48. The molecule has 8 heteroatoms. The van der Waals surface area contributed by atoms with E-state index in [1.165, 1.54) is 24.5 Å². The third-order valence-corrected chi connectivity index (χ3v) is 6.54. The molecule has 1 aromatic carbocycles. The maximum atomic E-state index is 12.3. The van der Waals surface area contributed by atoms with E-state index in [1.807, 2.05) is 6.07 Å². The smallest absolute Gasteiger partial charge is 0.241 e. The number of nitrogens with one attached hydrogen (secondary N) is 1. The number of benzene rings is 1. The summed E-state index contributed by atoms with van der Waals surface area (Å²) in [5.74, 6) is 0. The summed E-state index contributed by atoms with van der Waals surface area (Å²) in [4.78, 5) is 1.07. The molecule has 0 spiro atoms. The van der Waals surface area contributed by atoms with Gasteiger partial charge in [0, 0.05) is 23.0 Å². The number of rotatable bonds is 6. The molecule has 0 fully saturated rings. The molecule has 2 rings (SSSR count). The van der Waals surface area contributed by atoms with E-state index in [2.05, 4.69) is 20.7 Å². The van der Waals surface area contributed by atoms with Gasteiger partial charge in [-0.05, 0) is 40.2 Å². The van der Waals surface area contributed by atoms with Crippen LogP contribution in [-0.4, -0.2) is 22.1 Å². The van der Waals surface area contributed by atoms with Crippen LogP contribution < -0.4 is 4.72 Å². The number of thiophene rings is 1. The van der Waals surface area contributed by atoms with E-state index in [0.717, 1.165) is 4.88 Å². The Balaban J connectivity index is 2.12. The van der Waals surface area contributed by atoms with Crippen molar-refractivity contribution in [3.05, 3.63) is 50.1 Å². The molecule has 0 aliphatic carbocycles. The summed E-state index contributed by atoms with van der Waals surface area (Å²) >= 11 is 10.5. The van der Waals surface area contributed by atoms with Crippen LogP contribution in [0.1, 0.15) is 11.0 Å². The molecule has 1 aromatic heterocycles. The number of sulfonamides is 1. The fourth-order valence-electron chi connectivity index (χ4n) is 1.73. The summed E-state index contributed by atoms with van der Waals surface area (Å²) in [5.41, 5.74) is 0. The van der Waals surface area contributed by atoms with Crippen molar-refractivity contribution in [2.75, 3.05) is 13.7 Å². The molecule has 0 unspecified atom stereocenters. The number of halogens is 2. The van der Waals surface area contributed by atoms with E-state index in [-0.39, 0.29) is 17.5 Å². The third-order valence-electron chi connectivity index (χ3n) is 2.78. The summed E-state index contributed by atoms with van der Waals surface area (Å²) < 4.78 is 33.6. The molecule has 4 nitrogen and oxygen atoms in total. The van der Waals surface area contributed by atoms with E-state index in [9.17, 15) is 8.42 Å². The second-order valence-electron chi connectivity index (χ2n) is 4.15. The van der Waals surface area contributed by atoms with Crippen LogP contribution in [0, 0.1) is 0 Å². The van der Waals surface area contributed by atoms with Gasteiger partial charge in [-0.2, -0.15) is 0 Å². The molecule has 1 heterocycles. The highest BCUT2D eigenvalue weighted by Gasteiger charge is 2.20. The van der Waals surface area contributed by atoms with Gasteiger partial charge in [0.15, 0.2) is 0 Å². The Hall–Kier alpha value is -0.440. The van der Waals surface area contributed by atoms with E-state index in [1.54, 1.807) is 24.3 Å². The maximum Gasteiger partial charge on any atom is 0.241 e. The Morgan fingerprint density at radius 1 is 1.33 bits per heavy atom. The summed E-state index contributed by atoms with van der Waals surface area (Å²) in [6.45, 7) is 0.136. The lowest BCUT2D eigenvalue weighted by Gasteiger charge is -2.15. The molecule has 0 bridgehead atoms. The molecule has 0 aliphatic rings. The van der Waals surface area contributed by atoms with E-state index < -0.39 is 10.0 Å². The van der Waals surface area contributed by atoms with Gasteiger partial charge in [-0.15, -0.1) is 11.3 Å². The van der Waals surface area contributed by atoms with Crippen LogP contribution >= 0.6 is 38.9 Å². The molecule has 1 N–H and O–H groups in total. The summed E-state index contributed by atoms with van der Waals surface area (Å²) in [6, 6.07) is 10.2. The van der Waals surface area contributed by atoms with Crippen LogP contribution in [0.25, 0.3) is 0 Å². The zero-order chi connectivity index (χ0) is 15.5. The first-order valence-corrected chi connectivity index (χ1v) is 9.43. The van der Waals surface area contributed by atoms with Crippen LogP contribution in [-0.2, 0) is 14.8 Å². The number of methoxy groups -OCH3 is 1. The van der Waals surface area contributed by atoms with Gasteiger partial charge in [-0.1, -0.05) is 23.7 Å². The highest BCUT2D eigenvalue weighted by atomic mass is 79.9. The van der Waals surface area contributed by atoms with Crippen molar-refractivity contribution >= 4 is 48.9 Å². The Morgan fingerprint density at radius 3 is 2.62 bits per heavy atom. The summed E-state index contributed by atoms with van der Waals surface area (Å²) in [5, 5.41) is 0. The SMILES string of the molecule is CO[C@@H](CNS(=O)(=O)c1ccccc1Br)c1ccc(Cl)s1. The van der Waals surface area contributed by atoms with Gasteiger partial charge in [0.1, 0.15) is 6.10 Å². The van der Waals surface area contributed by atoms with E-state index in [4.69, 9.17) is 16.3 Å². The Morgan fingerprint density at radius 2 is 2.05 bits per heavy atom. The highest BCUT2D eigenvalue weighted by molar-refractivity contribution is 9.10. The van der Waals surface area contributed by atoms with Crippen LogP contribution in [0.4, 0.5) is 0 Å². The number of hydrogen-bond acceptors (Lipinski definition) is 4. The van der Waals surface area contributed by atoms with Crippen molar-refractivity contribution < 1.29 is 13.2 Å². The minimum atomic E-state index is -3.60. The van der Waals surface area contributed by atoms with Crippen molar-refractivity contribution in [2.45, 2.75) is 11.0 Å². The second kappa shape index (κ2) is 7.21. The summed E-state index contributed by atoms with van der Waals surface area (Å²) in [6.07, 6.45) is -0.375. The van der Waals surface area contributed by atoms with Gasteiger partial charge < -0.3 is 4.74 Å². The topological polar surface area (TPSA) is 55.4 Å². The minimum Gasteiger partial charge on any atom is -0.375 e. The molecule has 0 saturated heterocycles. The first-order chi connectivity index (χ1) is 9.94. The summed E-state index contributed by atoms with van der Waals surface area (Å²) in [7, 11) is -2.07. The molecule has 114 valence electrons. The van der Waals surface area contributed by atoms with Crippen LogP contribution in [0.2, 0.25) is 4.34 Å². The van der Waals surface area contributed by atoms with E-state index in [0.29, 0.717) is 8.81 Å². The quantitative estimate of drug-likeness (QED) is 0.787. The molecule has 2 aromatic rings. The standard InChI is InChI=1S/C13H13BrClNO3S2/c1-19-10(11-6-7-13(15)20-11)8-16-21(17,18)12-5-3-2-4-9(12)14/h2-7,10,16H,8H2,1H3/t10-/m0/s1. The third kappa shape index (κ3) is 4.28. The lowest BCUT2D eigenvalue weighted by Crippen LogP contribution is -2.29. The largest absolute Gasteiger partial charge is 0.375 e. The minimum absolute atomic E-state index is 0.136. The van der Waals surface area contributed by atoms with Gasteiger partial charge in [0.2, 0.25) is 10.0 Å². The molecular weight excluding hydrogens is 398 g/mol. The number of ether oxygens (including phenoxy) is 1. The normalized spacial score (nSPS) is 13.3. The first kappa shape index (κ1) is 16.9. The lowest BCUT2D eigenvalue weighted by molar-refractivity contribution is 0.110.